The maximum Gasteiger partial charge on any atom is 0.325 e. The second kappa shape index (κ2) is 6.47. The third-order valence-electron chi connectivity index (χ3n) is 4.43. The number of carbonyl (C=O) groups is 2. The summed E-state index contributed by atoms with van der Waals surface area (Å²) in [7, 11) is 1.42. The number of hydrogen-bond donors (Lipinski definition) is 1. The molecule has 1 aliphatic heterocycles. The van der Waals surface area contributed by atoms with Crippen LogP contribution in [-0.2, 0) is 16.9 Å². The summed E-state index contributed by atoms with van der Waals surface area (Å²) >= 11 is 0. The van der Waals surface area contributed by atoms with Crippen molar-refractivity contribution in [1.29, 1.82) is 0 Å². The molecule has 2 aromatic carbocycles. The van der Waals surface area contributed by atoms with Gasteiger partial charge in [-0.1, -0.05) is 30.3 Å². The van der Waals surface area contributed by atoms with Crippen molar-refractivity contribution in [3.63, 3.8) is 0 Å². The van der Waals surface area contributed by atoms with Gasteiger partial charge in [-0.3, -0.25) is 19.8 Å². The summed E-state index contributed by atoms with van der Waals surface area (Å²) in [5, 5.41) is 13.7. The Morgan fingerprint density at radius 3 is 2.50 bits per heavy atom. The van der Waals surface area contributed by atoms with E-state index in [1.807, 2.05) is 6.07 Å². The van der Waals surface area contributed by atoms with Crippen molar-refractivity contribution in [1.82, 2.24) is 10.2 Å². The van der Waals surface area contributed by atoms with E-state index in [0.29, 0.717) is 16.9 Å². The number of urea groups is 1. The SMILES string of the molecule is COc1ccc([N+](=O)[O-])cc1CN1C(=O)NC(C)(c2ccccc2)C1=O. The van der Waals surface area contributed by atoms with Crippen molar-refractivity contribution >= 4 is 17.6 Å². The van der Waals surface area contributed by atoms with E-state index in [4.69, 9.17) is 4.74 Å². The van der Waals surface area contributed by atoms with Crippen LogP contribution in [-0.4, -0.2) is 28.9 Å². The number of rotatable bonds is 5. The Morgan fingerprint density at radius 1 is 1.19 bits per heavy atom. The molecular weight excluding hydrogens is 338 g/mol. The van der Waals surface area contributed by atoms with Crippen LogP contribution in [0.4, 0.5) is 10.5 Å². The molecule has 3 rings (SSSR count). The standard InChI is InChI=1S/C18H17N3O5/c1-18(13-6-4-3-5-7-13)16(22)20(17(23)19-18)11-12-10-14(21(24)25)8-9-15(12)26-2/h3-10H,11H2,1-2H3,(H,19,23). The first kappa shape index (κ1) is 17.4. The third-order valence-corrected chi connectivity index (χ3v) is 4.43. The third kappa shape index (κ3) is 2.85. The van der Waals surface area contributed by atoms with Crippen molar-refractivity contribution in [2.45, 2.75) is 19.0 Å². The maximum absolute atomic E-state index is 12.9. The highest BCUT2D eigenvalue weighted by Gasteiger charge is 2.49. The summed E-state index contributed by atoms with van der Waals surface area (Å²) in [6.07, 6.45) is 0. The lowest BCUT2D eigenvalue weighted by Crippen LogP contribution is -2.40. The molecule has 0 bridgehead atoms. The van der Waals surface area contributed by atoms with Gasteiger partial charge in [0.2, 0.25) is 0 Å². The number of amides is 3. The molecular formula is C18H17N3O5. The number of nitrogens with zero attached hydrogens (tertiary/aromatic N) is 2. The largest absolute Gasteiger partial charge is 0.496 e. The van der Waals surface area contributed by atoms with E-state index in [0.717, 1.165) is 4.90 Å². The molecule has 1 unspecified atom stereocenters. The Morgan fingerprint density at radius 2 is 1.88 bits per heavy atom. The molecule has 26 heavy (non-hydrogen) atoms. The Bertz CT molecular complexity index is 884. The lowest BCUT2D eigenvalue weighted by Gasteiger charge is -2.22. The number of methoxy groups -OCH3 is 1. The van der Waals surface area contributed by atoms with Gasteiger partial charge >= 0.3 is 6.03 Å². The average Bonchev–Trinajstić information content (AvgIpc) is 2.86. The Hall–Kier alpha value is -3.42. The van der Waals surface area contributed by atoms with E-state index >= 15 is 0 Å². The average molecular weight is 355 g/mol. The molecule has 1 heterocycles. The van der Waals surface area contributed by atoms with Gasteiger partial charge in [-0.25, -0.2) is 4.79 Å². The van der Waals surface area contributed by atoms with Crippen LogP contribution >= 0.6 is 0 Å². The number of non-ortho nitro benzene ring substituents is 1. The molecule has 1 N–H and O–H groups in total. The van der Waals surface area contributed by atoms with E-state index in [1.54, 1.807) is 31.2 Å². The van der Waals surface area contributed by atoms with E-state index in [2.05, 4.69) is 5.32 Å². The number of nitro benzene ring substituents is 1. The van der Waals surface area contributed by atoms with Gasteiger partial charge in [0.15, 0.2) is 0 Å². The zero-order valence-electron chi connectivity index (χ0n) is 14.3. The molecule has 3 amide bonds. The minimum Gasteiger partial charge on any atom is -0.496 e. The molecule has 1 atom stereocenters. The Labute approximate surface area is 149 Å². The molecule has 0 aliphatic carbocycles. The fourth-order valence-electron chi connectivity index (χ4n) is 2.98. The van der Waals surface area contributed by atoms with Crippen LogP contribution in [0.25, 0.3) is 0 Å². The van der Waals surface area contributed by atoms with Crippen LogP contribution in [0.2, 0.25) is 0 Å². The minimum absolute atomic E-state index is 0.127. The second-order valence-electron chi connectivity index (χ2n) is 6.07. The van der Waals surface area contributed by atoms with Crippen LogP contribution in [0, 0.1) is 10.1 Å². The molecule has 0 spiro atoms. The Balaban J connectivity index is 1.94. The fraction of sp³-hybridized carbons (Fsp3) is 0.222. The van der Waals surface area contributed by atoms with Crippen LogP contribution in [0.3, 0.4) is 0 Å². The molecule has 0 saturated carbocycles. The van der Waals surface area contributed by atoms with E-state index < -0.39 is 22.4 Å². The molecule has 0 aromatic heterocycles. The van der Waals surface area contributed by atoms with Crippen LogP contribution in [0.5, 0.6) is 5.75 Å². The van der Waals surface area contributed by atoms with Gasteiger partial charge in [-0.2, -0.15) is 0 Å². The first-order chi connectivity index (χ1) is 12.4. The lowest BCUT2D eigenvalue weighted by atomic mass is 9.92. The zero-order valence-corrected chi connectivity index (χ0v) is 14.3. The number of carbonyl (C=O) groups excluding carboxylic acids is 2. The van der Waals surface area contributed by atoms with Gasteiger partial charge < -0.3 is 10.1 Å². The normalized spacial score (nSPS) is 19.4. The molecule has 1 saturated heterocycles. The van der Waals surface area contributed by atoms with Gasteiger partial charge in [0, 0.05) is 17.7 Å². The smallest absolute Gasteiger partial charge is 0.325 e. The number of hydrogen-bond acceptors (Lipinski definition) is 5. The quantitative estimate of drug-likeness (QED) is 0.504. The number of imide groups is 1. The van der Waals surface area contributed by atoms with Crippen LogP contribution in [0.15, 0.2) is 48.5 Å². The first-order valence-electron chi connectivity index (χ1n) is 7.88. The first-order valence-corrected chi connectivity index (χ1v) is 7.88. The van der Waals surface area contributed by atoms with Crippen LogP contribution < -0.4 is 10.1 Å². The summed E-state index contributed by atoms with van der Waals surface area (Å²) in [5.41, 5.74) is -0.292. The highest BCUT2D eigenvalue weighted by Crippen LogP contribution is 2.32. The van der Waals surface area contributed by atoms with E-state index in [9.17, 15) is 19.7 Å². The number of benzene rings is 2. The summed E-state index contributed by atoms with van der Waals surface area (Å²) in [5.74, 6) is -0.0632. The summed E-state index contributed by atoms with van der Waals surface area (Å²) in [4.78, 5) is 36.9. The number of nitro groups is 1. The Kier molecular flexibility index (Phi) is 4.33. The minimum atomic E-state index is -1.19. The monoisotopic (exact) mass is 355 g/mol. The molecule has 8 heteroatoms. The highest BCUT2D eigenvalue weighted by molar-refractivity contribution is 6.07. The van der Waals surface area contributed by atoms with Crippen molar-refractivity contribution in [2.24, 2.45) is 0 Å². The van der Waals surface area contributed by atoms with Crippen molar-refractivity contribution < 1.29 is 19.2 Å². The van der Waals surface area contributed by atoms with Crippen molar-refractivity contribution in [3.05, 3.63) is 69.8 Å². The van der Waals surface area contributed by atoms with Crippen molar-refractivity contribution in [2.75, 3.05) is 7.11 Å². The van der Waals surface area contributed by atoms with Gasteiger partial charge in [-0.15, -0.1) is 0 Å². The summed E-state index contributed by atoms with van der Waals surface area (Å²) < 4.78 is 5.21. The fourth-order valence-corrected chi connectivity index (χ4v) is 2.98. The maximum atomic E-state index is 12.9. The predicted octanol–water partition coefficient (Wildman–Crippen LogP) is 2.57. The molecule has 1 fully saturated rings. The van der Waals surface area contributed by atoms with Crippen LogP contribution in [0.1, 0.15) is 18.1 Å². The molecule has 134 valence electrons. The summed E-state index contributed by atoms with van der Waals surface area (Å²) in [6, 6.07) is 12.4. The second-order valence-corrected chi connectivity index (χ2v) is 6.07. The van der Waals surface area contributed by atoms with Crippen molar-refractivity contribution in [3.8, 4) is 5.75 Å². The highest BCUT2D eigenvalue weighted by atomic mass is 16.6. The number of nitrogens with one attached hydrogen (secondary N) is 1. The molecule has 1 aliphatic rings. The topological polar surface area (TPSA) is 102 Å². The van der Waals surface area contributed by atoms with Gasteiger partial charge in [0.05, 0.1) is 18.6 Å². The number of ether oxygens (including phenoxy) is 1. The lowest BCUT2D eigenvalue weighted by molar-refractivity contribution is -0.384. The van der Waals surface area contributed by atoms with E-state index in [1.165, 1.54) is 25.3 Å². The molecule has 2 aromatic rings. The van der Waals surface area contributed by atoms with Gasteiger partial charge in [0.25, 0.3) is 11.6 Å². The predicted molar refractivity (Wildman–Crippen MR) is 92.5 cm³/mol. The molecule has 0 radical (unpaired) electrons. The summed E-state index contributed by atoms with van der Waals surface area (Å²) in [6.45, 7) is 1.51. The zero-order chi connectivity index (χ0) is 18.9. The molecule has 8 nitrogen and oxygen atoms in total. The van der Waals surface area contributed by atoms with Gasteiger partial charge in [-0.05, 0) is 18.6 Å². The van der Waals surface area contributed by atoms with Gasteiger partial charge in [0.1, 0.15) is 11.3 Å². The van der Waals surface area contributed by atoms with E-state index in [-0.39, 0.29) is 12.2 Å².